The van der Waals surface area contributed by atoms with Gasteiger partial charge in [0.15, 0.2) is 0 Å². The lowest BCUT2D eigenvalue weighted by Crippen LogP contribution is -1.99. The third-order valence-corrected chi connectivity index (χ3v) is 4.27. The van der Waals surface area contributed by atoms with Crippen LogP contribution in [-0.2, 0) is 9.59 Å². The van der Waals surface area contributed by atoms with E-state index in [1.165, 1.54) is 0 Å². The summed E-state index contributed by atoms with van der Waals surface area (Å²) in [6.07, 6.45) is 5.34. The maximum absolute atomic E-state index is 10.6. The second-order valence-electron chi connectivity index (χ2n) is 6.25. The van der Waals surface area contributed by atoms with Crippen LogP contribution < -0.4 is 0 Å². The summed E-state index contributed by atoms with van der Waals surface area (Å²) >= 11 is 0. The minimum absolute atomic E-state index is 0.812. The zero-order chi connectivity index (χ0) is 20.1. The molecule has 0 amide bonds. The van der Waals surface area contributed by atoms with Gasteiger partial charge in [0.2, 0.25) is 0 Å². The van der Waals surface area contributed by atoms with Crippen LogP contribution in [0.25, 0.3) is 29.1 Å². The quantitative estimate of drug-likeness (QED) is 0.617. The Bertz CT molecular complexity index is 1050. The van der Waals surface area contributed by atoms with Gasteiger partial charge in [-0.15, -0.1) is 0 Å². The molecule has 0 unspecified atom stereocenters. The molecule has 0 saturated carbocycles. The maximum Gasteiger partial charge on any atom is 0.328 e. The van der Waals surface area contributed by atoms with E-state index < -0.39 is 11.9 Å². The van der Waals surface area contributed by atoms with Crippen molar-refractivity contribution in [3.63, 3.8) is 0 Å². The predicted molar refractivity (Wildman–Crippen MR) is 109 cm³/mol. The molecule has 0 fully saturated rings. The van der Waals surface area contributed by atoms with Gasteiger partial charge in [0.05, 0.1) is 5.69 Å². The Balaban J connectivity index is 1.92. The lowest BCUT2D eigenvalue weighted by molar-refractivity contribution is -0.132. The number of hydrogen-bond acceptors (Lipinski definition) is 2. The van der Waals surface area contributed by atoms with Crippen LogP contribution in [0.3, 0.4) is 0 Å². The van der Waals surface area contributed by atoms with E-state index in [0.717, 1.165) is 45.9 Å². The minimum atomic E-state index is -0.978. The Morgan fingerprint density at radius 2 is 1.25 bits per heavy atom. The number of rotatable bonds is 6. The number of carboxylic acids is 2. The summed E-state index contributed by atoms with van der Waals surface area (Å²) in [6, 6.07) is 19.4. The molecule has 0 radical (unpaired) electrons. The number of aromatic nitrogens is 1. The van der Waals surface area contributed by atoms with E-state index in [0.29, 0.717) is 0 Å². The smallest absolute Gasteiger partial charge is 0.328 e. The molecule has 0 spiro atoms. The molecule has 0 saturated heterocycles. The molecule has 3 aromatic rings. The fraction of sp³-hybridized carbons (Fsp3) is 0.0435. The molecule has 5 heteroatoms. The molecule has 28 heavy (non-hydrogen) atoms. The number of carboxylic acid groups (broad SMARTS) is 2. The van der Waals surface area contributed by atoms with Crippen molar-refractivity contribution in [2.45, 2.75) is 6.92 Å². The van der Waals surface area contributed by atoms with Crippen LogP contribution in [-0.4, -0.2) is 26.7 Å². The molecule has 2 N–H and O–H groups in total. The van der Waals surface area contributed by atoms with Crippen molar-refractivity contribution in [1.82, 2.24) is 4.57 Å². The second-order valence-corrected chi connectivity index (χ2v) is 6.25. The fourth-order valence-corrected chi connectivity index (χ4v) is 2.94. The monoisotopic (exact) mass is 373 g/mol. The first-order valence-electron chi connectivity index (χ1n) is 8.65. The highest BCUT2D eigenvalue weighted by Gasteiger charge is 2.09. The van der Waals surface area contributed by atoms with E-state index >= 15 is 0 Å². The normalized spacial score (nSPS) is 11.3. The summed E-state index contributed by atoms with van der Waals surface area (Å²) in [6.45, 7) is 2.02. The topological polar surface area (TPSA) is 79.5 Å². The zero-order valence-corrected chi connectivity index (χ0v) is 15.2. The zero-order valence-electron chi connectivity index (χ0n) is 15.2. The fourth-order valence-electron chi connectivity index (χ4n) is 2.94. The van der Waals surface area contributed by atoms with E-state index in [-0.39, 0.29) is 0 Å². The first-order chi connectivity index (χ1) is 13.4. The molecular weight excluding hydrogens is 354 g/mol. The van der Waals surface area contributed by atoms with Crippen LogP contribution >= 0.6 is 0 Å². The summed E-state index contributed by atoms with van der Waals surface area (Å²) in [5.41, 5.74) is 5.69. The summed E-state index contributed by atoms with van der Waals surface area (Å²) in [7, 11) is 0. The summed E-state index contributed by atoms with van der Waals surface area (Å²) < 4.78 is 2.12. The molecular formula is C23H19NO4. The van der Waals surface area contributed by atoms with E-state index in [4.69, 9.17) is 10.2 Å². The van der Waals surface area contributed by atoms with Crippen LogP contribution in [0.1, 0.15) is 16.8 Å². The first kappa shape index (κ1) is 18.9. The molecule has 0 atom stereocenters. The van der Waals surface area contributed by atoms with E-state index in [1.807, 2.05) is 67.6 Å². The molecule has 140 valence electrons. The molecule has 1 aromatic heterocycles. The van der Waals surface area contributed by atoms with Crippen LogP contribution in [0.2, 0.25) is 0 Å². The van der Waals surface area contributed by atoms with E-state index in [2.05, 4.69) is 4.57 Å². The van der Waals surface area contributed by atoms with Crippen LogP contribution in [0.15, 0.2) is 72.8 Å². The maximum atomic E-state index is 10.6. The second kappa shape index (κ2) is 8.22. The highest BCUT2D eigenvalue weighted by molar-refractivity contribution is 5.86. The molecule has 1 heterocycles. The van der Waals surface area contributed by atoms with Crippen LogP contribution in [0, 0.1) is 6.92 Å². The third kappa shape index (κ3) is 4.45. The molecule has 0 aliphatic heterocycles. The van der Waals surface area contributed by atoms with Crippen molar-refractivity contribution in [3.8, 4) is 16.9 Å². The van der Waals surface area contributed by atoms with Gasteiger partial charge in [-0.3, -0.25) is 0 Å². The van der Waals surface area contributed by atoms with Gasteiger partial charge in [-0.25, -0.2) is 9.59 Å². The largest absolute Gasteiger partial charge is 0.478 e. The van der Waals surface area contributed by atoms with Gasteiger partial charge in [0.1, 0.15) is 0 Å². The van der Waals surface area contributed by atoms with Crippen molar-refractivity contribution in [3.05, 3.63) is 89.6 Å². The Morgan fingerprint density at radius 3 is 1.75 bits per heavy atom. The molecule has 2 aromatic carbocycles. The number of aliphatic carboxylic acids is 2. The molecule has 5 nitrogen and oxygen atoms in total. The SMILES string of the molecule is Cc1ccc(-c2ccc(C=CC(=O)O)cc2)n1-c1ccc(C=CC(=O)O)cc1. The average molecular weight is 373 g/mol. The predicted octanol–water partition coefficient (Wildman–Crippen LogP) is 4.65. The standard InChI is InChI=1S/C23H19NO4/c1-16-2-13-21(19-9-3-17(4-10-19)7-14-22(25)26)24(16)20-11-5-18(6-12-20)8-15-23(27)28/h2-15H,1H3,(H,25,26)(H,27,28). The molecule has 3 rings (SSSR count). The Hall–Kier alpha value is -3.86. The first-order valence-corrected chi connectivity index (χ1v) is 8.65. The van der Waals surface area contributed by atoms with Gasteiger partial charge in [-0.05, 0) is 60.0 Å². The van der Waals surface area contributed by atoms with Crippen molar-refractivity contribution < 1.29 is 19.8 Å². The lowest BCUT2D eigenvalue weighted by Gasteiger charge is -2.13. The molecule has 0 aliphatic rings. The Morgan fingerprint density at radius 1 is 0.750 bits per heavy atom. The highest BCUT2D eigenvalue weighted by atomic mass is 16.4. The summed E-state index contributed by atoms with van der Waals surface area (Å²) in [5, 5.41) is 17.5. The van der Waals surface area contributed by atoms with Crippen molar-refractivity contribution in [1.29, 1.82) is 0 Å². The van der Waals surface area contributed by atoms with Gasteiger partial charge in [0.25, 0.3) is 0 Å². The third-order valence-electron chi connectivity index (χ3n) is 4.27. The Labute approximate surface area is 162 Å². The van der Waals surface area contributed by atoms with E-state index in [9.17, 15) is 9.59 Å². The highest BCUT2D eigenvalue weighted by Crippen LogP contribution is 2.27. The number of nitrogens with zero attached hydrogens (tertiary/aromatic N) is 1. The van der Waals surface area contributed by atoms with Crippen molar-refractivity contribution >= 4 is 24.1 Å². The van der Waals surface area contributed by atoms with Crippen LogP contribution in [0.5, 0.6) is 0 Å². The van der Waals surface area contributed by atoms with E-state index in [1.54, 1.807) is 12.2 Å². The van der Waals surface area contributed by atoms with Gasteiger partial charge < -0.3 is 14.8 Å². The molecule has 0 aliphatic carbocycles. The minimum Gasteiger partial charge on any atom is -0.478 e. The Kier molecular flexibility index (Phi) is 5.56. The van der Waals surface area contributed by atoms with Gasteiger partial charge in [0, 0.05) is 23.5 Å². The van der Waals surface area contributed by atoms with Crippen LogP contribution in [0.4, 0.5) is 0 Å². The molecule has 0 bridgehead atoms. The van der Waals surface area contributed by atoms with Crippen molar-refractivity contribution in [2.75, 3.05) is 0 Å². The number of benzene rings is 2. The lowest BCUT2D eigenvalue weighted by atomic mass is 10.1. The number of carbonyl (C=O) groups is 2. The number of hydrogen-bond donors (Lipinski definition) is 2. The number of aryl methyl sites for hydroxylation is 1. The van der Waals surface area contributed by atoms with Gasteiger partial charge in [-0.2, -0.15) is 0 Å². The van der Waals surface area contributed by atoms with Gasteiger partial charge in [-0.1, -0.05) is 36.4 Å². The van der Waals surface area contributed by atoms with Crippen molar-refractivity contribution in [2.24, 2.45) is 0 Å². The van der Waals surface area contributed by atoms with Gasteiger partial charge >= 0.3 is 11.9 Å². The summed E-state index contributed by atoms with van der Waals surface area (Å²) in [5.74, 6) is -1.95. The summed E-state index contributed by atoms with van der Waals surface area (Å²) in [4.78, 5) is 21.3. The average Bonchev–Trinajstić information content (AvgIpc) is 3.07.